The number of benzene rings is 1. The van der Waals surface area contributed by atoms with E-state index in [1.54, 1.807) is 6.07 Å². The van der Waals surface area contributed by atoms with Gasteiger partial charge in [0, 0.05) is 31.7 Å². The van der Waals surface area contributed by atoms with Crippen LogP contribution in [0.3, 0.4) is 0 Å². The fraction of sp³-hybridized carbons (Fsp3) is 0.500. The molecule has 5 heteroatoms. The summed E-state index contributed by atoms with van der Waals surface area (Å²) in [4.78, 5) is 11.9. The highest BCUT2D eigenvalue weighted by Crippen LogP contribution is 2.25. The van der Waals surface area contributed by atoms with Crippen LogP contribution in [0.25, 0.3) is 0 Å². The minimum absolute atomic E-state index is 0.0477. The van der Waals surface area contributed by atoms with E-state index < -0.39 is 0 Å². The van der Waals surface area contributed by atoms with Crippen LogP contribution in [0.4, 0.5) is 0 Å². The summed E-state index contributed by atoms with van der Waals surface area (Å²) in [6.07, 6.45) is 1.67. The summed E-state index contributed by atoms with van der Waals surface area (Å²) >= 11 is 0. The molecule has 1 aromatic carbocycles. The lowest BCUT2D eigenvalue weighted by atomic mass is 10.1. The summed E-state index contributed by atoms with van der Waals surface area (Å²) in [5, 5.41) is 2.88. The lowest BCUT2D eigenvalue weighted by molar-refractivity contribution is 0.0943. The van der Waals surface area contributed by atoms with E-state index in [0.29, 0.717) is 38.5 Å². The van der Waals surface area contributed by atoms with Gasteiger partial charge in [-0.25, -0.2) is 0 Å². The van der Waals surface area contributed by atoms with Crippen LogP contribution < -0.4 is 15.8 Å². The van der Waals surface area contributed by atoms with Crippen molar-refractivity contribution in [2.45, 2.75) is 12.8 Å². The molecule has 0 bridgehead atoms. The first-order valence-corrected chi connectivity index (χ1v) is 6.63. The van der Waals surface area contributed by atoms with Crippen molar-refractivity contribution in [3.8, 4) is 5.75 Å². The molecule has 1 amide bonds. The van der Waals surface area contributed by atoms with Gasteiger partial charge in [0.1, 0.15) is 5.75 Å². The molecule has 3 N–H and O–H groups in total. The summed E-state index contributed by atoms with van der Waals surface area (Å²) in [6.45, 7) is 3.04. The third-order valence-electron chi connectivity index (χ3n) is 2.96. The van der Waals surface area contributed by atoms with Crippen LogP contribution >= 0.6 is 0 Å². The van der Waals surface area contributed by atoms with Gasteiger partial charge in [-0.1, -0.05) is 0 Å². The lowest BCUT2D eigenvalue weighted by Crippen LogP contribution is -2.25. The van der Waals surface area contributed by atoms with Crippen molar-refractivity contribution in [2.75, 3.05) is 32.9 Å². The predicted octanol–water partition coefficient (Wildman–Crippen LogP) is 0.717. The molecule has 19 heavy (non-hydrogen) atoms. The van der Waals surface area contributed by atoms with Gasteiger partial charge in [-0.3, -0.25) is 4.79 Å². The maximum absolute atomic E-state index is 11.9. The minimum atomic E-state index is -0.0477. The Morgan fingerprint density at radius 2 is 2.32 bits per heavy atom. The van der Waals surface area contributed by atoms with Gasteiger partial charge in [0.25, 0.3) is 5.91 Å². The van der Waals surface area contributed by atoms with Gasteiger partial charge in [0.05, 0.1) is 13.2 Å². The maximum Gasteiger partial charge on any atom is 0.251 e. The van der Waals surface area contributed by atoms with Gasteiger partial charge in [0.2, 0.25) is 0 Å². The van der Waals surface area contributed by atoms with Crippen molar-refractivity contribution in [1.82, 2.24) is 5.32 Å². The number of rotatable bonds is 7. The molecule has 0 fully saturated rings. The Bertz CT molecular complexity index is 435. The third kappa shape index (κ3) is 3.94. The first-order chi connectivity index (χ1) is 9.31. The van der Waals surface area contributed by atoms with E-state index in [2.05, 4.69) is 5.32 Å². The molecule has 0 atom stereocenters. The highest BCUT2D eigenvalue weighted by atomic mass is 16.5. The molecule has 0 saturated heterocycles. The van der Waals surface area contributed by atoms with Crippen molar-refractivity contribution in [3.63, 3.8) is 0 Å². The highest BCUT2D eigenvalue weighted by Gasteiger charge is 2.14. The van der Waals surface area contributed by atoms with Gasteiger partial charge in [0.15, 0.2) is 0 Å². The fourth-order valence-electron chi connectivity index (χ4n) is 1.99. The Morgan fingerprint density at radius 3 is 3.16 bits per heavy atom. The Balaban J connectivity index is 1.74. The van der Waals surface area contributed by atoms with Gasteiger partial charge in [-0.2, -0.15) is 0 Å². The molecular formula is C14H20N2O3. The number of carbonyl (C=O) groups is 1. The number of carbonyl (C=O) groups excluding carboxylic acids is 1. The van der Waals surface area contributed by atoms with E-state index in [4.69, 9.17) is 15.2 Å². The van der Waals surface area contributed by atoms with Gasteiger partial charge < -0.3 is 20.5 Å². The van der Waals surface area contributed by atoms with Crippen LogP contribution in [0.5, 0.6) is 5.75 Å². The summed E-state index contributed by atoms with van der Waals surface area (Å²) in [5.74, 6) is 0.847. The number of hydrogen-bond acceptors (Lipinski definition) is 4. The van der Waals surface area contributed by atoms with Gasteiger partial charge in [-0.05, 0) is 30.2 Å². The standard InChI is InChI=1S/C14H20N2O3/c15-5-9-18-7-1-6-16-14(17)12-2-3-13-11(10-12)4-8-19-13/h2-3,10H,1,4-9,15H2,(H,16,17). The molecular weight excluding hydrogens is 244 g/mol. The van der Waals surface area contributed by atoms with Crippen molar-refractivity contribution < 1.29 is 14.3 Å². The number of ether oxygens (including phenoxy) is 2. The van der Waals surface area contributed by atoms with Crippen molar-refractivity contribution >= 4 is 5.91 Å². The van der Waals surface area contributed by atoms with Gasteiger partial charge in [-0.15, -0.1) is 0 Å². The average Bonchev–Trinajstić information content (AvgIpc) is 2.89. The zero-order valence-electron chi connectivity index (χ0n) is 11.0. The molecule has 5 nitrogen and oxygen atoms in total. The topological polar surface area (TPSA) is 73.6 Å². The number of hydrogen-bond donors (Lipinski definition) is 2. The van der Waals surface area contributed by atoms with E-state index in [9.17, 15) is 4.79 Å². The summed E-state index contributed by atoms with van der Waals surface area (Å²) < 4.78 is 10.6. The number of fused-ring (bicyclic) bond motifs is 1. The van der Waals surface area contributed by atoms with E-state index in [1.807, 2.05) is 12.1 Å². The molecule has 0 aliphatic carbocycles. The van der Waals surface area contributed by atoms with Crippen molar-refractivity contribution in [1.29, 1.82) is 0 Å². The molecule has 0 saturated carbocycles. The summed E-state index contributed by atoms with van der Waals surface area (Å²) in [5.41, 5.74) is 7.10. The smallest absolute Gasteiger partial charge is 0.251 e. The largest absolute Gasteiger partial charge is 0.493 e. The van der Waals surface area contributed by atoms with E-state index in [0.717, 1.165) is 24.2 Å². The summed E-state index contributed by atoms with van der Waals surface area (Å²) in [7, 11) is 0. The van der Waals surface area contributed by atoms with Crippen LogP contribution in [-0.2, 0) is 11.2 Å². The number of nitrogens with one attached hydrogen (secondary N) is 1. The van der Waals surface area contributed by atoms with Gasteiger partial charge >= 0.3 is 0 Å². The molecule has 0 radical (unpaired) electrons. The SMILES string of the molecule is NCCOCCCNC(=O)c1ccc2c(c1)CCO2. The molecule has 0 spiro atoms. The molecule has 0 aromatic heterocycles. The Hall–Kier alpha value is -1.59. The molecule has 1 aromatic rings. The molecule has 104 valence electrons. The second-order valence-corrected chi connectivity index (χ2v) is 4.43. The molecule has 2 rings (SSSR count). The monoisotopic (exact) mass is 264 g/mol. The third-order valence-corrected chi connectivity index (χ3v) is 2.96. The zero-order valence-corrected chi connectivity index (χ0v) is 11.0. The van der Waals surface area contributed by atoms with Crippen molar-refractivity contribution in [2.24, 2.45) is 5.73 Å². The molecule has 1 aliphatic rings. The van der Waals surface area contributed by atoms with Crippen LogP contribution in [-0.4, -0.2) is 38.8 Å². The molecule has 1 heterocycles. The average molecular weight is 264 g/mol. The maximum atomic E-state index is 11.9. The van der Waals surface area contributed by atoms with E-state index >= 15 is 0 Å². The van der Waals surface area contributed by atoms with Crippen LogP contribution in [0.1, 0.15) is 22.3 Å². The highest BCUT2D eigenvalue weighted by molar-refractivity contribution is 5.94. The molecule has 0 unspecified atom stereocenters. The summed E-state index contributed by atoms with van der Waals surface area (Å²) in [6, 6.07) is 5.56. The second kappa shape index (κ2) is 7.11. The van der Waals surface area contributed by atoms with E-state index in [1.165, 1.54) is 0 Å². The van der Waals surface area contributed by atoms with Crippen LogP contribution in [0.15, 0.2) is 18.2 Å². The van der Waals surface area contributed by atoms with Crippen molar-refractivity contribution in [3.05, 3.63) is 29.3 Å². The Labute approximate surface area is 113 Å². The lowest BCUT2D eigenvalue weighted by Gasteiger charge is -2.07. The minimum Gasteiger partial charge on any atom is -0.493 e. The quantitative estimate of drug-likeness (QED) is 0.712. The van der Waals surface area contributed by atoms with E-state index in [-0.39, 0.29) is 5.91 Å². The van der Waals surface area contributed by atoms with Crippen LogP contribution in [0.2, 0.25) is 0 Å². The normalized spacial score (nSPS) is 12.9. The number of nitrogens with two attached hydrogens (primary N) is 1. The van der Waals surface area contributed by atoms with Crippen LogP contribution in [0, 0.1) is 0 Å². The predicted molar refractivity (Wildman–Crippen MR) is 72.5 cm³/mol. The second-order valence-electron chi connectivity index (χ2n) is 4.43. The Morgan fingerprint density at radius 1 is 1.42 bits per heavy atom. The first kappa shape index (κ1) is 13.8. The fourth-order valence-corrected chi connectivity index (χ4v) is 1.99. The molecule has 1 aliphatic heterocycles. The number of amides is 1. The Kier molecular flexibility index (Phi) is 5.18. The first-order valence-electron chi connectivity index (χ1n) is 6.63. The zero-order chi connectivity index (χ0) is 13.5.